The second kappa shape index (κ2) is 17.5. The van der Waals surface area contributed by atoms with Gasteiger partial charge in [-0.1, -0.05) is 51.1 Å². The Hall–Kier alpha value is -5.16. The van der Waals surface area contributed by atoms with Gasteiger partial charge in [0.15, 0.2) is 11.5 Å². The molecule has 1 unspecified atom stereocenters. The molecule has 11 heteroatoms. The van der Waals surface area contributed by atoms with Crippen LogP contribution >= 0.6 is 12.6 Å². The predicted molar refractivity (Wildman–Crippen MR) is 223 cm³/mol. The fourth-order valence-corrected chi connectivity index (χ4v) is 7.38. The molecule has 2 aliphatic rings. The number of aliphatic imine (C=N–C) groups is 1. The fraction of sp³-hybridized carbons (Fsp3) is 0.386. The molecule has 0 bridgehead atoms. The van der Waals surface area contributed by atoms with Crippen LogP contribution < -0.4 is 34.9 Å². The van der Waals surface area contributed by atoms with Crippen molar-refractivity contribution in [3.05, 3.63) is 89.0 Å². The SMILES string of the molecule is CCc1cc2c(cc1OCCCOc1cc(N)c(C(=O)N3c4cc(OCCCC(C)(C)S)ccc4C[C@H]3C)cc1OC)/N=C\C(NC=O)Cc1ccccc1-2. The minimum Gasteiger partial charge on any atom is -0.494 e. The molecule has 0 radical (unpaired) electrons. The third-order valence-corrected chi connectivity index (χ3v) is 10.3. The largest absolute Gasteiger partial charge is 0.494 e. The van der Waals surface area contributed by atoms with Crippen LogP contribution in [0.3, 0.4) is 0 Å². The molecule has 55 heavy (non-hydrogen) atoms. The summed E-state index contributed by atoms with van der Waals surface area (Å²) >= 11 is 4.61. The van der Waals surface area contributed by atoms with Crippen LogP contribution in [0, 0.1) is 0 Å². The minimum atomic E-state index is -0.211. The van der Waals surface area contributed by atoms with Gasteiger partial charge in [-0.05, 0) is 79.5 Å². The number of carbonyl (C=O) groups excluding carboxylic acids is 2. The number of hydrogen-bond acceptors (Lipinski definition) is 9. The van der Waals surface area contributed by atoms with Gasteiger partial charge in [-0.2, -0.15) is 12.6 Å². The lowest BCUT2D eigenvalue weighted by atomic mass is 9.91. The summed E-state index contributed by atoms with van der Waals surface area (Å²) in [6.07, 6.45) is 7.08. The molecule has 10 nitrogen and oxygen atoms in total. The van der Waals surface area contributed by atoms with Crippen molar-refractivity contribution in [2.24, 2.45) is 4.99 Å². The number of thiol groups is 1. The molecule has 2 atom stereocenters. The summed E-state index contributed by atoms with van der Waals surface area (Å²) in [5, 5.41) is 2.86. The number of benzene rings is 4. The maximum absolute atomic E-state index is 14.1. The van der Waals surface area contributed by atoms with Crippen molar-refractivity contribution in [3.63, 3.8) is 0 Å². The van der Waals surface area contributed by atoms with E-state index in [0.29, 0.717) is 61.8 Å². The number of aryl methyl sites for hydroxylation is 1. The third kappa shape index (κ3) is 9.39. The highest BCUT2D eigenvalue weighted by Gasteiger charge is 2.33. The van der Waals surface area contributed by atoms with Crippen LogP contribution in [0.2, 0.25) is 0 Å². The highest BCUT2D eigenvalue weighted by Crippen LogP contribution is 2.41. The van der Waals surface area contributed by atoms with Gasteiger partial charge < -0.3 is 34.9 Å². The van der Waals surface area contributed by atoms with E-state index in [1.54, 1.807) is 30.4 Å². The number of nitrogens with zero attached hydrogens (tertiary/aromatic N) is 2. The van der Waals surface area contributed by atoms with E-state index in [4.69, 9.17) is 29.7 Å². The molecule has 0 aromatic heterocycles. The first-order valence-corrected chi connectivity index (χ1v) is 19.5. The van der Waals surface area contributed by atoms with Crippen molar-refractivity contribution in [1.82, 2.24) is 5.32 Å². The Bertz CT molecular complexity index is 2040. The van der Waals surface area contributed by atoms with Gasteiger partial charge in [0.25, 0.3) is 5.91 Å². The number of amides is 2. The van der Waals surface area contributed by atoms with Crippen molar-refractivity contribution >= 4 is 48.2 Å². The van der Waals surface area contributed by atoms with Gasteiger partial charge in [0, 0.05) is 52.9 Å². The van der Waals surface area contributed by atoms with Gasteiger partial charge in [-0.3, -0.25) is 14.6 Å². The lowest BCUT2D eigenvalue weighted by molar-refractivity contribution is -0.109. The molecule has 2 heterocycles. The van der Waals surface area contributed by atoms with Crippen LogP contribution in [-0.4, -0.2) is 62.3 Å². The van der Waals surface area contributed by atoms with E-state index in [2.05, 4.69) is 56.9 Å². The van der Waals surface area contributed by atoms with Crippen LogP contribution in [0.4, 0.5) is 17.1 Å². The monoisotopic (exact) mass is 764 g/mol. The fourth-order valence-electron chi connectivity index (χ4n) is 7.23. The van der Waals surface area contributed by atoms with Crippen LogP contribution in [0.15, 0.2) is 71.7 Å². The lowest BCUT2D eigenvalue weighted by Gasteiger charge is -2.24. The van der Waals surface area contributed by atoms with Gasteiger partial charge in [0.05, 0.1) is 49.9 Å². The normalized spacial score (nSPS) is 16.5. The van der Waals surface area contributed by atoms with Crippen LogP contribution in [0.5, 0.6) is 23.0 Å². The average Bonchev–Trinajstić information content (AvgIpc) is 3.49. The quantitative estimate of drug-likeness (QED) is 0.0455. The van der Waals surface area contributed by atoms with Gasteiger partial charge in [-0.15, -0.1) is 0 Å². The Morgan fingerprint density at radius 2 is 1.71 bits per heavy atom. The van der Waals surface area contributed by atoms with E-state index in [9.17, 15) is 9.59 Å². The Morgan fingerprint density at radius 3 is 2.45 bits per heavy atom. The van der Waals surface area contributed by atoms with Gasteiger partial charge >= 0.3 is 0 Å². The number of nitrogens with one attached hydrogen (secondary N) is 1. The first kappa shape index (κ1) is 39.5. The van der Waals surface area contributed by atoms with Crippen molar-refractivity contribution in [2.45, 2.75) is 83.1 Å². The van der Waals surface area contributed by atoms with E-state index in [1.165, 1.54) is 0 Å². The second-order valence-electron chi connectivity index (χ2n) is 14.8. The molecule has 0 aliphatic carbocycles. The molecule has 2 aliphatic heterocycles. The summed E-state index contributed by atoms with van der Waals surface area (Å²) in [5.41, 5.74) is 14.2. The molecule has 0 fully saturated rings. The van der Waals surface area contributed by atoms with E-state index >= 15 is 0 Å². The molecule has 0 saturated heterocycles. The molecule has 0 saturated carbocycles. The van der Waals surface area contributed by atoms with Crippen molar-refractivity contribution in [1.29, 1.82) is 0 Å². The first-order valence-electron chi connectivity index (χ1n) is 19.0. The van der Waals surface area contributed by atoms with Crippen molar-refractivity contribution < 1.29 is 28.5 Å². The van der Waals surface area contributed by atoms with Crippen molar-refractivity contribution in [3.8, 4) is 34.1 Å². The van der Waals surface area contributed by atoms with E-state index in [-0.39, 0.29) is 22.7 Å². The number of rotatable bonds is 16. The smallest absolute Gasteiger partial charge is 0.260 e. The number of carbonyl (C=O) groups is 2. The molecular formula is C44H52N4O6S. The summed E-state index contributed by atoms with van der Waals surface area (Å²) < 4.78 is 24.1. The Morgan fingerprint density at radius 1 is 0.945 bits per heavy atom. The number of fused-ring (bicyclic) bond motifs is 4. The summed E-state index contributed by atoms with van der Waals surface area (Å²) in [7, 11) is 1.55. The maximum Gasteiger partial charge on any atom is 0.260 e. The Kier molecular flexibility index (Phi) is 12.6. The number of hydrogen-bond donors (Lipinski definition) is 3. The van der Waals surface area contributed by atoms with E-state index < -0.39 is 0 Å². The molecule has 2 amide bonds. The minimum absolute atomic E-state index is 0.0505. The Balaban J connectivity index is 1.10. The molecule has 4 aromatic rings. The standard InChI is InChI=1S/C44H52N4O6S/c1-6-29-21-35-34-12-8-7-11-30(34)20-32(47-27-49)26-46-38(35)25-40(29)53-17-10-18-54-42-24-37(45)36(23-41(42)51-5)43(50)48-28(2)19-31-13-14-33(22-39(31)48)52-16-9-15-44(3,4)55/h7-8,11-14,21-28,32,55H,6,9-10,15-20,45H2,1-5H3,(H,47,49)/b46-26-/t28-,32?/m1/s1. The third-order valence-electron chi connectivity index (χ3n) is 10.0. The summed E-state index contributed by atoms with van der Waals surface area (Å²) in [5.74, 6) is 2.15. The molecule has 3 N–H and O–H groups in total. The number of nitrogens with two attached hydrogens (primary N) is 1. The maximum atomic E-state index is 14.1. The summed E-state index contributed by atoms with van der Waals surface area (Å²) in [4.78, 5) is 31.9. The molecule has 4 aromatic carbocycles. The van der Waals surface area contributed by atoms with Gasteiger partial charge in [0.2, 0.25) is 6.41 Å². The topological polar surface area (TPSA) is 125 Å². The number of methoxy groups -OCH3 is 1. The zero-order chi connectivity index (χ0) is 39.1. The predicted octanol–water partition coefficient (Wildman–Crippen LogP) is 8.19. The first-order chi connectivity index (χ1) is 26.5. The Labute approximate surface area is 329 Å². The van der Waals surface area contributed by atoms with Crippen LogP contribution in [0.1, 0.15) is 74.0 Å². The molecule has 6 rings (SSSR count). The number of anilines is 2. The number of nitrogen functional groups attached to an aromatic ring is 1. The van der Waals surface area contributed by atoms with Gasteiger partial charge in [0.1, 0.15) is 11.5 Å². The summed E-state index contributed by atoms with van der Waals surface area (Å²) in [6, 6.07) is 21.4. The highest BCUT2D eigenvalue weighted by molar-refractivity contribution is 7.81. The average molecular weight is 765 g/mol. The van der Waals surface area contributed by atoms with Gasteiger partial charge in [-0.25, -0.2) is 0 Å². The zero-order valence-corrected chi connectivity index (χ0v) is 33.3. The zero-order valence-electron chi connectivity index (χ0n) is 32.4. The van der Waals surface area contributed by atoms with E-state index in [0.717, 1.165) is 76.4 Å². The lowest BCUT2D eigenvalue weighted by Crippen LogP contribution is -2.36. The molecular weight excluding hydrogens is 713 g/mol. The van der Waals surface area contributed by atoms with Crippen LogP contribution in [0.25, 0.3) is 11.1 Å². The highest BCUT2D eigenvalue weighted by atomic mass is 32.1. The number of ether oxygens (including phenoxy) is 4. The van der Waals surface area contributed by atoms with Crippen molar-refractivity contribution in [2.75, 3.05) is 37.6 Å². The summed E-state index contributed by atoms with van der Waals surface area (Å²) in [6.45, 7) is 9.64. The molecule has 290 valence electrons. The second-order valence-corrected chi connectivity index (χ2v) is 16.0. The van der Waals surface area contributed by atoms with E-state index in [1.807, 2.05) is 43.3 Å². The van der Waals surface area contributed by atoms with Crippen LogP contribution in [-0.2, 0) is 24.1 Å². The molecule has 0 spiro atoms.